The van der Waals surface area contributed by atoms with E-state index in [9.17, 15) is 0 Å². The van der Waals surface area contributed by atoms with Crippen molar-refractivity contribution in [1.82, 2.24) is 9.55 Å². The van der Waals surface area contributed by atoms with Gasteiger partial charge in [0.2, 0.25) is 0 Å². The average Bonchev–Trinajstić information content (AvgIpc) is 2.70. The Morgan fingerprint density at radius 1 is 1.92 bits per heavy atom. The van der Waals surface area contributed by atoms with E-state index in [-0.39, 0.29) is 5.60 Å². The number of hydrogen-bond donors (Lipinski definition) is 2. The first-order chi connectivity index (χ1) is 6.13. The Labute approximate surface area is 83.8 Å². The SMILES string of the molecule is CC1(Cn2cc(NO)nc2Br)CO1. The van der Waals surface area contributed by atoms with Gasteiger partial charge < -0.3 is 9.30 Å². The van der Waals surface area contributed by atoms with Crippen LogP contribution in [0.1, 0.15) is 6.92 Å². The molecule has 1 aliphatic heterocycles. The van der Waals surface area contributed by atoms with E-state index in [0.717, 1.165) is 13.2 Å². The minimum Gasteiger partial charge on any atom is -0.368 e. The summed E-state index contributed by atoms with van der Waals surface area (Å²) in [5.41, 5.74) is 1.93. The smallest absolute Gasteiger partial charge is 0.179 e. The van der Waals surface area contributed by atoms with Gasteiger partial charge in [-0.05, 0) is 22.9 Å². The molecule has 2 N–H and O–H groups in total. The van der Waals surface area contributed by atoms with E-state index in [2.05, 4.69) is 20.9 Å². The lowest BCUT2D eigenvalue weighted by atomic mass is 10.2. The quantitative estimate of drug-likeness (QED) is 0.624. The molecule has 1 saturated heterocycles. The summed E-state index contributed by atoms with van der Waals surface area (Å²) in [6, 6.07) is 0. The molecule has 1 atom stereocenters. The summed E-state index contributed by atoms with van der Waals surface area (Å²) < 4.78 is 7.81. The van der Waals surface area contributed by atoms with Crippen molar-refractivity contribution in [3.8, 4) is 0 Å². The number of aromatic nitrogens is 2. The van der Waals surface area contributed by atoms with Gasteiger partial charge in [-0.1, -0.05) is 0 Å². The second-order valence-electron chi connectivity index (χ2n) is 3.37. The number of nitrogens with zero attached hydrogens (tertiary/aromatic N) is 2. The summed E-state index contributed by atoms with van der Waals surface area (Å²) >= 11 is 3.28. The van der Waals surface area contributed by atoms with Crippen molar-refractivity contribution in [2.24, 2.45) is 0 Å². The fraction of sp³-hybridized carbons (Fsp3) is 0.571. The van der Waals surface area contributed by atoms with Crippen LogP contribution in [-0.4, -0.2) is 27.0 Å². The fourth-order valence-electron chi connectivity index (χ4n) is 1.13. The maximum Gasteiger partial charge on any atom is 0.179 e. The normalized spacial score (nSPS) is 26.1. The van der Waals surface area contributed by atoms with Crippen LogP contribution in [0.4, 0.5) is 5.82 Å². The van der Waals surface area contributed by atoms with E-state index in [1.54, 1.807) is 6.20 Å². The Balaban J connectivity index is 2.14. The number of ether oxygens (including phenoxy) is 1. The third kappa shape index (κ3) is 1.84. The summed E-state index contributed by atoms with van der Waals surface area (Å²) in [6.07, 6.45) is 1.72. The molecule has 2 heterocycles. The second kappa shape index (κ2) is 2.97. The van der Waals surface area contributed by atoms with Crippen LogP contribution in [0.5, 0.6) is 0 Å². The second-order valence-corrected chi connectivity index (χ2v) is 4.08. The molecule has 1 fully saturated rings. The summed E-state index contributed by atoms with van der Waals surface area (Å²) in [5.74, 6) is 0.427. The molecule has 72 valence electrons. The molecule has 1 aromatic rings. The summed E-state index contributed by atoms with van der Waals surface area (Å²) in [6.45, 7) is 3.55. The summed E-state index contributed by atoms with van der Waals surface area (Å²) in [5, 5.41) is 8.61. The monoisotopic (exact) mass is 247 g/mol. The number of imidazole rings is 1. The van der Waals surface area contributed by atoms with Crippen LogP contribution < -0.4 is 5.48 Å². The van der Waals surface area contributed by atoms with E-state index in [1.165, 1.54) is 0 Å². The van der Waals surface area contributed by atoms with Crippen LogP contribution >= 0.6 is 15.9 Å². The minimum atomic E-state index is -0.0596. The predicted molar refractivity (Wildman–Crippen MR) is 49.7 cm³/mol. The molecule has 0 aromatic carbocycles. The van der Waals surface area contributed by atoms with Gasteiger partial charge in [-0.15, -0.1) is 0 Å². The third-order valence-corrected chi connectivity index (χ3v) is 2.62. The lowest BCUT2D eigenvalue weighted by molar-refractivity contribution is 0.292. The van der Waals surface area contributed by atoms with Crippen LogP contribution in [0.3, 0.4) is 0 Å². The van der Waals surface area contributed by atoms with Crippen LogP contribution in [0.25, 0.3) is 0 Å². The van der Waals surface area contributed by atoms with Gasteiger partial charge in [0, 0.05) is 0 Å². The predicted octanol–water partition coefficient (Wildman–Crippen LogP) is 1.24. The average molecular weight is 248 g/mol. The molecular weight excluding hydrogens is 238 g/mol. The standard InChI is InChI=1S/C7H10BrN3O2/c1-7(4-13-7)3-11-2-5(10-12)9-6(11)8/h2,10,12H,3-4H2,1H3. The van der Waals surface area contributed by atoms with Crippen molar-refractivity contribution in [2.75, 3.05) is 12.1 Å². The van der Waals surface area contributed by atoms with E-state index in [4.69, 9.17) is 9.94 Å². The topological polar surface area (TPSA) is 62.6 Å². The van der Waals surface area contributed by atoms with E-state index >= 15 is 0 Å². The fourth-order valence-corrected chi connectivity index (χ4v) is 1.55. The van der Waals surface area contributed by atoms with Crippen LogP contribution in [0.15, 0.2) is 10.9 Å². The molecule has 1 aromatic heterocycles. The first-order valence-corrected chi connectivity index (χ1v) is 4.69. The Hall–Kier alpha value is -0.590. The highest BCUT2D eigenvalue weighted by atomic mass is 79.9. The van der Waals surface area contributed by atoms with Crippen LogP contribution in [-0.2, 0) is 11.3 Å². The highest BCUT2D eigenvalue weighted by Crippen LogP contribution is 2.29. The van der Waals surface area contributed by atoms with Gasteiger partial charge in [0.05, 0.1) is 19.3 Å². The number of epoxide rings is 1. The van der Waals surface area contributed by atoms with Crippen molar-refractivity contribution in [2.45, 2.75) is 19.1 Å². The molecule has 5 nitrogen and oxygen atoms in total. The number of halogens is 1. The number of anilines is 1. The van der Waals surface area contributed by atoms with Gasteiger partial charge in [-0.2, -0.15) is 0 Å². The lowest BCUT2D eigenvalue weighted by Crippen LogP contribution is -2.14. The lowest BCUT2D eigenvalue weighted by Gasteiger charge is -2.06. The van der Waals surface area contributed by atoms with Gasteiger partial charge in [0.1, 0.15) is 5.60 Å². The first-order valence-electron chi connectivity index (χ1n) is 3.90. The zero-order valence-electron chi connectivity index (χ0n) is 7.12. The molecule has 1 unspecified atom stereocenters. The highest BCUT2D eigenvalue weighted by molar-refractivity contribution is 9.10. The summed E-state index contributed by atoms with van der Waals surface area (Å²) in [4.78, 5) is 4.00. The molecule has 1 aliphatic rings. The molecular formula is C7H10BrN3O2. The molecule has 2 rings (SSSR count). The number of rotatable bonds is 3. The van der Waals surface area contributed by atoms with Gasteiger partial charge in [0.15, 0.2) is 10.6 Å². The Kier molecular flexibility index (Phi) is 2.05. The Morgan fingerprint density at radius 3 is 3.08 bits per heavy atom. The maximum atomic E-state index is 8.61. The number of hydrogen-bond acceptors (Lipinski definition) is 4. The van der Waals surface area contributed by atoms with E-state index < -0.39 is 0 Å². The molecule has 13 heavy (non-hydrogen) atoms. The molecule has 0 bridgehead atoms. The van der Waals surface area contributed by atoms with Crippen LogP contribution in [0.2, 0.25) is 0 Å². The molecule has 0 radical (unpaired) electrons. The van der Waals surface area contributed by atoms with Gasteiger partial charge in [0.25, 0.3) is 0 Å². The molecule has 0 aliphatic carbocycles. The minimum absolute atomic E-state index is 0.0596. The maximum absolute atomic E-state index is 8.61. The van der Waals surface area contributed by atoms with E-state index in [1.807, 2.05) is 17.0 Å². The summed E-state index contributed by atoms with van der Waals surface area (Å²) in [7, 11) is 0. The van der Waals surface area contributed by atoms with Crippen molar-refractivity contribution < 1.29 is 9.94 Å². The zero-order chi connectivity index (χ0) is 9.47. The first kappa shape index (κ1) is 8.98. The van der Waals surface area contributed by atoms with Crippen LogP contribution in [0, 0.1) is 0 Å². The third-order valence-electron chi connectivity index (χ3n) is 1.98. The van der Waals surface area contributed by atoms with Crippen molar-refractivity contribution >= 4 is 21.7 Å². The largest absolute Gasteiger partial charge is 0.368 e. The van der Waals surface area contributed by atoms with Gasteiger partial charge in [-0.25, -0.2) is 4.98 Å². The molecule has 0 amide bonds. The van der Waals surface area contributed by atoms with Crippen molar-refractivity contribution in [1.29, 1.82) is 0 Å². The molecule has 0 saturated carbocycles. The Bertz CT molecular complexity index is 322. The zero-order valence-corrected chi connectivity index (χ0v) is 8.71. The van der Waals surface area contributed by atoms with Crippen molar-refractivity contribution in [3.05, 3.63) is 10.9 Å². The Morgan fingerprint density at radius 2 is 2.62 bits per heavy atom. The van der Waals surface area contributed by atoms with E-state index in [0.29, 0.717) is 10.6 Å². The molecule has 0 spiro atoms. The van der Waals surface area contributed by atoms with Crippen molar-refractivity contribution in [3.63, 3.8) is 0 Å². The highest BCUT2D eigenvalue weighted by Gasteiger charge is 2.39. The number of nitrogens with one attached hydrogen (secondary N) is 1. The van der Waals surface area contributed by atoms with Gasteiger partial charge >= 0.3 is 0 Å². The molecule has 6 heteroatoms. The van der Waals surface area contributed by atoms with Gasteiger partial charge in [-0.3, -0.25) is 10.7 Å².